The highest BCUT2D eigenvalue weighted by Crippen LogP contribution is 2.31. The molecule has 0 saturated carbocycles. The van der Waals surface area contributed by atoms with Gasteiger partial charge in [-0.1, -0.05) is 17.9 Å². The van der Waals surface area contributed by atoms with E-state index in [4.69, 9.17) is 5.11 Å². The van der Waals surface area contributed by atoms with Gasteiger partial charge in [-0.05, 0) is 80.3 Å². The second kappa shape index (κ2) is 9.89. The molecular formula is C25H29F2NO. The minimum atomic E-state index is -0.526. The molecule has 2 aromatic rings. The average molecular weight is 398 g/mol. The number of halogens is 2. The van der Waals surface area contributed by atoms with Crippen molar-refractivity contribution >= 4 is 5.69 Å². The average Bonchev–Trinajstić information content (AvgIpc) is 2.67. The molecule has 1 fully saturated rings. The van der Waals surface area contributed by atoms with Crippen LogP contribution in [0.3, 0.4) is 0 Å². The zero-order valence-corrected chi connectivity index (χ0v) is 17.3. The molecule has 1 unspecified atom stereocenters. The SMILES string of the molecule is Cc1cc(C#CCCCO)cc(C)c1N1CCCC(Cc2ccc(F)cc2F)C1. The normalized spacial score (nSPS) is 16.4. The Balaban J connectivity index is 1.73. The van der Waals surface area contributed by atoms with Crippen molar-refractivity contribution in [3.63, 3.8) is 0 Å². The van der Waals surface area contributed by atoms with E-state index in [1.54, 1.807) is 6.07 Å². The monoisotopic (exact) mass is 397 g/mol. The Hall–Kier alpha value is -2.38. The lowest BCUT2D eigenvalue weighted by Crippen LogP contribution is -2.37. The lowest BCUT2D eigenvalue weighted by atomic mass is 9.90. The lowest BCUT2D eigenvalue weighted by molar-refractivity contribution is 0.290. The number of unbranched alkanes of at least 4 members (excludes halogenated alkanes) is 1. The third-order valence-corrected chi connectivity index (χ3v) is 5.54. The molecule has 0 spiro atoms. The lowest BCUT2D eigenvalue weighted by Gasteiger charge is -2.36. The molecule has 154 valence electrons. The number of nitrogens with zero attached hydrogens (tertiary/aromatic N) is 1. The summed E-state index contributed by atoms with van der Waals surface area (Å²) in [4.78, 5) is 2.41. The van der Waals surface area contributed by atoms with Gasteiger partial charge in [0.2, 0.25) is 0 Å². The van der Waals surface area contributed by atoms with Gasteiger partial charge in [0.1, 0.15) is 11.6 Å². The summed E-state index contributed by atoms with van der Waals surface area (Å²) >= 11 is 0. The summed E-state index contributed by atoms with van der Waals surface area (Å²) in [5.41, 5.74) is 5.24. The fourth-order valence-electron chi connectivity index (χ4n) is 4.29. The topological polar surface area (TPSA) is 23.5 Å². The fraction of sp³-hybridized carbons (Fsp3) is 0.440. The van der Waals surface area contributed by atoms with Gasteiger partial charge < -0.3 is 10.0 Å². The Morgan fingerprint density at radius 1 is 1.14 bits per heavy atom. The third-order valence-electron chi connectivity index (χ3n) is 5.54. The van der Waals surface area contributed by atoms with Gasteiger partial charge in [0.15, 0.2) is 0 Å². The number of piperidine rings is 1. The van der Waals surface area contributed by atoms with Gasteiger partial charge in [0, 0.05) is 43.4 Å². The first-order chi connectivity index (χ1) is 14.0. The molecule has 3 rings (SSSR count). The van der Waals surface area contributed by atoms with Gasteiger partial charge in [-0.2, -0.15) is 0 Å². The van der Waals surface area contributed by atoms with Gasteiger partial charge in [0.25, 0.3) is 0 Å². The maximum absolute atomic E-state index is 14.1. The second-order valence-corrected chi connectivity index (χ2v) is 7.98. The highest BCUT2D eigenvalue weighted by Gasteiger charge is 2.23. The van der Waals surface area contributed by atoms with Crippen molar-refractivity contribution in [1.29, 1.82) is 0 Å². The van der Waals surface area contributed by atoms with E-state index in [2.05, 4.69) is 42.7 Å². The first-order valence-corrected chi connectivity index (χ1v) is 10.4. The van der Waals surface area contributed by atoms with Crippen LogP contribution < -0.4 is 4.90 Å². The van der Waals surface area contributed by atoms with Crippen LogP contribution in [-0.2, 0) is 6.42 Å². The van der Waals surface area contributed by atoms with Crippen LogP contribution in [0.5, 0.6) is 0 Å². The van der Waals surface area contributed by atoms with E-state index in [0.717, 1.165) is 37.6 Å². The van der Waals surface area contributed by atoms with Crippen LogP contribution in [0.2, 0.25) is 0 Å². The van der Waals surface area contributed by atoms with Gasteiger partial charge in [-0.25, -0.2) is 8.78 Å². The van der Waals surface area contributed by atoms with Crippen molar-refractivity contribution in [2.75, 3.05) is 24.6 Å². The van der Waals surface area contributed by atoms with Crippen molar-refractivity contribution in [2.45, 2.75) is 46.0 Å². The van der Waals surface area contributed by atoms with Crippen molar-refractivity contribution in [3.05, 3.63) is 64.2 Å². The highest BCUT2D eigenvalue weighted by atomic mass is 19.1. The molecule has 2 aromatic carbocycles. The Morgan fingerprint density at radius 3 is 2.59 bits per heavy atom. The van der Waals surface area contributed by atoms with Crippen LogP contribution in [0.4, 0.5) is 14.5 Å². The van der Waals surface area contributed by atoms with E-state index in [0.29, 0.717) is 30.7 Å². The second-order valence-electron chi connectivity index (χ2n) is 7.98. The third kappa shape index (κ3) is 5.58. The number of anilines is 1. The number of hydrogen-bond acceptors (Lipinski definition) is 2. The molecule has 1 atom stereocenters. The molecule has 0 aromatic heterocycles. The molecule has 0 aliphatic carbocycles. The maximum atomic E-state index is 14.1. The minimum absolute atomic E-state index is 0.170. The summed E-state index contributed by atoms with van der Waals surface area (Å²) in [5.74, 6) is 5.68. The Kier molecular flexibility index (Phi) is 7.28. The molecule has 1 heterocycles. The van der Waals surface area contributed by atoms with Crippen molar-refractivity contribution in [3.8, 4) is 11.8 Å². The molecule has 29 heavy (non-hydrogen) atoms. The zero-order valence-electron chi connectivity index (χ0n) is 17.3. The standard InChI is InChI=1S/C25H29F2NO/c1-18-13-20(7-4-3-5-12-29)14-19(2)25(18)28-11-6-8-21(17-28)15-22-9-10-23(26)16-24(22)27/h9-10,13-14,16,21,29H,3,5-6,8,11-12,15,17H2,1-2H3. The number of aliphatic hydroxyl groups excluding tert-OH is 1. The number of hydrogen-bond donors (Lipinski definition) is 1. The van der Waals surface area contributed by atoms with Gasteiger partial charge in [-0.15, -0.1) is 0 Å². The van der Waals surface area contributed by atoms with Crippen LogP contribution in [0.25, 0.3) is 0 Å². The predicted molar refractivity (Wildman–Crippen MR) is 114 cm³/mol. The largest absolute Gasteiger partial charge is 0.396 e. The van der Waals surface area contributed by atoms with E-state index >= 15 is 0 Å². The van der Waals surface area contributed by atoms with Crippen LogP contribution in [0.15, 0.2) is 30.3 Å². The van der Waals surface area contributed by atoms with Gasteiger partial charge in [0.05, 0.1) is 0 Å². The summed E-state index contributed by atoms with van der Waals surface area (Å²) in [7, 11) is 0. The first kappa shape index (κ1) is 21.3. The summed E-state index contributed by atoms with van der Waals surface area (Å²) < 4.78 is 27.2. The van der Waals surface area contributed by atoms with Crippen LogP contribution in [0, 0.1) is 43.2 Å². The van der Waals surface area contributed by atoms with E-state index in [9.17, 15) is 8.78 Å². The summed E-state index contributed by atoms with van der Waals surface area (Å²) in [6, 6.07) is 8.14. The molecule has 0 amide bonds. The molecule has 1 aliphatic rings. The number of aliphatic hydroxyl groups is 1. The van der Waals surface area contributed by atoms with Gasteiger partial charge in [-0.3, -0.25) is 0 Å². The maximum Gasteiger partial charge on any atom is 0.129 e. The van der Waals surface area contributed by atoms with Crippen LogP contribution >= 0.6 is 0 Å². The molecule has 0 radical (unpaired) electrons. The molecule has 2 nitrogen and oxygen atoms in total. The van der Waals surface area contributed by atoms with Gasteiger partial charge >= 0.3 is 0 Å². The predicted octanol–water partition coefficient (Wildman–Crippen LogP) is 5.16. The molecule has 4 heteroatoms. The zero-order chi connectivity index (χ0) is 20.8. The molecule has 1 aliphatic heterocycles. The van der Waals surface area contributed by atoms with Crippen molar-refractivity contribution in [1.82, 2.24) is 0 Å². The Labute approximate surface area is 172 Å². The molecule has 1 saturated heterocycles. The van der Waals surface area contributed by atoms with E-state index in [1.807, 2.05) is 0 Å². The summed E-state index contributed by atoms with van der Waals surface area (Å²) in [6.07, 6.45) is 4.15. The number of benzene rings is 2. The van der Waals surface area contributed by atoms with E-state index in [1.165, 1.54) is 22.9 Å². The molecular weight excluding hydrogens is 368 g/mol. The highest BCUT2D eigenvalue weighted by molar-refractivity contribution is 5.62. The van der Waals surface area contributed by atoms with E-state index in [-0.39, 0.29) is 6.61 Å². The quantitative estimate of drug-likeness (QED) is 0.556. The Morgan fingerprint density at radius 2 is 1.90 bits per heavy atom. The first-order valence-electron chi connectivity index (χ1n) is 10.4. The van der Waals surface area contributed by atoms with Crippen molar-refractivity contribution < 1.29 is 13.9 Å². The minimum Gasteiger partial charge on any atom is -0.396 e. The fourth-order valence-corrected chi connectivity index (χ4v) is 4.29. The van der Waals surface area contributed by atoms with Crippen LogP contribution in [0.1, 0.15) is 47.9 Å². The number of rotatable bonds is 5. The Bertz CT molecular complexity index is 890. The molecule has 0 bridgehead atoms. The summed E-state index contributed by atoms with van der Waals surface area (Å²) in [5, 5.41) is 8.86. The van der Waals surface area contributed by atoms with E-state index < -0.39 is 11.6 Å². The van der Waals surface area contributed by atoms with Crippen molar-refractivity contribution in [2.24, 2.45) is 5.92 Å². The molecule has 1 N–H and O–H groups in total. The number of aryl methyl sites for hydroxylation is 2. The smallest absolute Gasteiger partial charge is 0.129 e. The summed E-state index contributed by atoms with van der Waals surface area (Å²) in [6.45, 7) is 6.27. The van der Waals surface area contributed by atoms with Crippen LogP contribution in [-0.4, -0.2) is 24.8 Å².